The number of aryl methyl sites for hydroxylation is 1. The molecule has 0 bridgehead atoms. The molecule has 86 valence electrons. The van der Waals surface area contributed by atoms with E-state index in [0.717, 1.165) is 11.1 Å². The molecule has 1 fully saturated rings. The smallest absolute Gasteiger partial charge is 0.307 e. The molecule has 0 unspecified atom stereocenters. The molecule has 3 heteroatoms. The topological polar surface area (TPSA) is 37.3 Å². The largest absolute Gasteiger partial charge is 0.481 e. The summed E-state index contributed by atoms with van der Waals surface area (Å²) >= 11 is 0. The summed E-state index contributed by atoms with van der Waals surface area (Å²) in [5.41, 5.74) is 1.52. The van der Waals surface area contributed by atoms with Crippen LogP contribution in [0.3, 0.4) is 0 Å². The van der Waals surface area contributed by atoms with Crippen molar-refractivity contribution in [1.82, 2.24) is 0 Å². The van der Waals surface area contributed by atoms with Crippen LogP contribution in [0.1, 0.15) is 30.9 Å². The zero-order valence-electron chi connectivity index (χ0n) is 9.62. The molecule has 1 N–H and O–H groups in total. The number of carbonyl (C=O) groups is 1. The van der Waals surface area contributed by atoms with Crippen molar-refractivity contribution in [3.05, 3.63) is 35.1 Å². The van der Waals surface area contributed by atoms with Crippen LogP contribution in [0, 0.1) is 24.1 Å². The van der Waals surface area contributed by atoms with Gasteiger partial charge in [-0.1, -0.05) is 19.9 Å². The number of aliphatic carboxylic acids is 1. The van der Waals surface area contributed by atoms with Gasteiger partial charge in [-0.05, 0) is 35.6 Å². The monoisotopic (exact) mass is 222 g/mol. The van der Waals surface area contributed by atoms with Gasteiger partial charge in [0.15, 0.2) is 0 Å². The fraction of sp³-hybridized carbons (Fsp3) is 0.462. The van der Waals surface area contributed by atoms with Crippen molar-refractivity contribution in [2.75, 3.05) is 0 Å². The van der Waals surface area contributed by atoms with E-state index >= 15 is 0 Å². The lowest BCUT2D eigenvalue weighted by Crippen LogP contribution is -2.03. The zero-order valence-corrected chi connectivity index (χ0v) is 9.62. The van der Waals surface area contributed by atoms with Crippen LogP contribution in [0.4, 0.5) is 4.39 Å². The van der Waals surface area contributed by atoms with Crippen molar-refractivity contribution in [3.8, 4) is 0 Å². The number of carboxylic acid groups (broad SMARTS) is 1. The van der Waals surface area contributed by atoms with Crippen LogP contribution >= 0.6 is 0 Å². The zero-order chi connectivity index (χ0) is 12.1. The predicted octanol–water partition coefficient (Wildman–Crippen LogP) is 2.96. The number of hydrogen-bond donors (Lipinski definition) is 1. The molecule has 1 aromatic rings. The standard InChI is InChI=1S/C13H15FO2/c1-7-4-5-8(14)6-9(7)10-11(12(15)16)13(10,2)3/h4-6,10-11H,1-3H3,(H,15,16)/t10-,11+/m0/s1. The van der Waals surface area contributed by atoms with Gasteiger partial charge in [0.25, 0.3) is 0 Å². The number of hydrogen-bond acceptors (Lipinski definition) is 1. The molecule has 2 nitrogen and oxygen atoms in total. The van der Waals surface area contributed by atoms with E-state index in [-0.39, 0.29) is 17.2 Å². The summed E-state index contributed by atoms with van der Waals surface area (Å²) in [6, 6.07) is 4.58. The number of benzene rings is 1. The highest BCUT2D eigenvalue weighted by Crippen LogP contribution is 2.64. The summed E-state index contributed by atoms with van der Waals surface area (Å²) in [5.74, 6) is -1.56. The van der Waals surface area contributed by atoms with Crippen LogP contribution in [-0.2, 0) is 4.79 Å². The summed E-state index contributed by atoms with van der Waals surface area (Å²) in [5, 5.41) is 9.09. The molecule has 0 radical (unpaired) electrons. The fourth-order valence-corrected chi connectivity index (χ4v) is 2.63. The second kappa shape index (κ2) is 3.30. The van der Waals surface area contributed by atoms with Gasteiger partial charge in [-0.25, -0.2) is 4.39 Å². The van der Waals surface area contributed by atoms with Crippen molar-refractivity contribution in [3.63, 3.8) is 0 Å². The molecule has 0 heterocycles. The highest BCUT2D eigenvalue weighted by atomic mass is 19.1. The first kappa shape index (κ1) is 11.1. The Bertz CT molecular complexity index is 451. The molecule has 0 spiro atoms. The third-order valence-electron chi connectivity index (χ3n) is 3.67. The molecule has 0 aliphatic heterocycles. The summed E-state index contributed by atoms with van der Waals surface area (Å²) < 4.78 is 13.2. The van der Waals surface area contributed by atoms with Gasteiger partial charge in [-0.3, -0.25) is 4.79 Å². The van der Waals surface area contributed by atoms with Gasteiger partial charge in [0.2, 0.25) is 0 Å². The van der Waals surface area contributed by atoms with E-state index < -0.39 is 11.9 Å². The van der Waals surface area contributed by atoms with Gasteiger partial charge >= 0.3 is 5.97 Å². The third kappa shape index (κ3) is 1.51. The van der Waals surface area contributed by atoms with E-state index in [4.69, 9.17) is 5.11 Å². The summed E-state index contributed by atoms with van der Waals surface area (Å²) in [6.45, 7) is 5.73. The average molecular weight is 222 g/mol. The first-order chi connectivity index (χ1) is 7.35. The van der Waals surface area contributed by atoms with E-state index in [1.165, 1.54) is 12.1 Å². The van der Waals surface area contributed by atoms with Crippen LogP contribution < -0.4 is 0 Å². The average Bonchev–Trinajstić information content (AvgIpc) is 2.73. The maximum Gasteiger partial charge on any atom is 0.307 e. The second-order valence-corrected chi connectivity index (χ2v) is 5.12. The van der Waals surface area contributed by atoms with Crippen LogP contribution in [0.25, 0.3) is 0 Å². The van der Waals surface area contributed by atoms with Gasteiger partial charge in [-0.2, -0.15) is 0 Å². The molecular formula is C13H15FO2. The van der Waals surface area contributed by atoms with Gasteiger partial charge in [0.05, 0.1) is 5.92 Å². The molecule has 16 heavy (non-hydrogen) atoms. The molecule has 1 saturated carbocycles. The molecular weight excluding hydrogens is 207 g/mol. The van der Waals surface area contributed by atoms with Crippen LogP contribution in [0.5, 0.6) is 0 Å². The molecule has 0 aromatic heterocycles. The molecule has 1 aliphatic rings. The van der Waals surface area contributed by atoms with Crippen LogP contribution in [0.2, 0.25) is 0 Å². The molecule has 2 rings (SSSR count). The predicted molar refractivity (Wildman–Crippen MR) is 58.8 cm³/mol. The van der Waals surface area contributed by atoms with Crippen molar-refractivity contribution < 1.29 is 14.3 Å². The van der Waals surface area contributed by atoms with E-state index in [1.807, 2.05) is 20.8 Å². The Morgan fingerprint density at radius 2 is 2.06 bits per heavy atom. The molecule has 1 aliphatic carbocycles. The minimum atomic E-state index is -0.793. The number of halogens is 1. The second-order valence-electron chi connectivity index (χ2n) is 5.12. The van der Waals surface area contributed by atoms with E-state index in [2.05, 4.69) is 0 Å². The van der Waals surface area contributed by atoms with Gasteiger partial charge in [-0.15, -0.1) is 0 Å². The van der Waals surface area contributed by atoms with Crippen molar-refractivity contribution in [2.24, 2.45) is 11.3 Å². The Morgan fingerprint density at radius 3 is 2.56 bits per heavy atom. The number of carboxylic acids is 1. The minimum Gasteiger partial charge on any atom is -0.481 e. The van der Waals surface area contributed by atoms with Crippen molar-refractivity contribution >= 4 is 5.97 Å². The van der Waals surface area contributed by atoms with Crippen LogP contribution in [-0.4, -0.2) is 11.1 Å². The van der Waals surface area contributed by atoms with Crippen LogP contribution in [0.15, 0.2) is 18.2 Å². The lowest BCUT2D eigenvalue weighted by atomic mass is 9.99. The molecule has 2 atom stereocenters. The van der Waals surface area contributed by atoms with Gasteiger partial charge in [0, 0.05) is 5.92 Å². The Labute approximate surface area is 94.1 Å². The minimum absolute atomic E-state index is 0.0688. The maximum absolute atomic E-state index is 13.2. The maximum atomic E-state index is 13.2. The number of rotatable bonds is 2. The Hall–Kier alpha value is -1.38. The molecule has 0 amide bonds. The normalized spacial score (nSPS) is 26.5. The summed E-state index contributed by atoms with van der Waals surface area (Å²) in [7, 11) is 0. The Balaban J connectivity index is 2.40. The summed E-state index contributed by atoms with van der Waals surface area (Å²) in [4.78, 5) is 11.1. The van der Waals surface area contributed by atoms with Gasteiger partial charge < -0.3 is 5.11 Å². The van der Waals surface area contributed by atoms with Gasteiger partial charge in [0.1, 0.15) is 5.82 Å². The third-order valence-corrected chi connectivity index (χ3v) is 3.67. The fourth-order valence-electron chi connectivity index (χ4n) is 2.63. The van der Waals surface area contributed by atoms with Crippen molar-refractivity contribution in [1.29, 1.82) is 0 Å². The van der Waals surface area contributed by atoms with E-state index in [1.54, 1.807) is 6.07 Å². The quantitative estimate of drug-likeness (QED) is 0.835. The highest BCUT2D eigenvalue weighted by molar-refractivity contribution is 5.77. The first-order valence-electron chi connectivity index (χ1n) is 5.34. The SMILES string of the molecule is Cc1ccc(F)cc1[C@H]1[C@H](C(=O)O)C1(C)C. The van der Waals surface area contributed by atoms with Crippen molar-refractivity contribution in [2.45, 2.75) is 26.7 Å². The summed E-state index contributed by atoms with van der Waals surface area (Å²) in [6.07, 6.45) is 0. The molecule has 1 aromatic carbocycles. The first-order valence-corrected chi connectivity index (χ1v) is 5.34. The van der Waals surface area contributed by atoms with E-state index in [9.17, 15) is 9.18 Å². The lowest BCUT2D eigenvalue weighted by Gasteiger charge is -2.06. The Morgan fingerprint density at radius 1 is 1.44 bits per heavy atom. The molecule has 0 saturated heterocycles. The van der Waals surface area contributed by atoms with E-state index in [0.29, 0.717) is 0 Å². The lowest BCUT2D eigenvalue weighted by molar-refractivity contribution is -0.139. The highest BCUT2D eigenvalue weighted by Gasteiger charge is 2.63. The Kier molecular flexibility index (Phi) is 2.30.